The van der Waals surface area contributed by atoms with Crippen LogP contribution in [0.2, 0.25) is 0 Å². The minimum absolute atomic E-state index is 0.216. The van der Waals surface area contributed by atoms with Crippen LogP contribution in [0.3, 0.4) is 0 Å². The van der Waals surface area contributed by atoms with Crippen LogP contribution in [0, 0.1) is 23.0 Å². The summed E-state index contributed by atoms with van der Waals surface area (Å²) in [6.07, 6.45) is -0.995. The summed E-state index contributed by atoms with van der Waals surface area (Å²) in [6.45, 7) is -0.216. The van der Waals surface area contributed by atoms with Gasteiger partial charge in [0.25, 0.3) is 0 Å². The molecule has 2 rings (SSSR count). The first-order chi connectivity index (χ1) is 9.60. The minimum atomic E-state index is -0.995. The number of aliphatic hydroxyl groups is 1. The summed E-state index contributed by atoms with van der Waals surface area (Å²) in [7, 11) is 0. The van der Waals surface area contributed by atoms with Gasteiger partial charge in [-0.2, -0.15) is 5.26 Å². The topological polar surface area (TPSA) is 53.2 Å². The highest BCUT2D eigenvalue weighted by atomic mass is 19.1. The number of nitrogens with zero attached hydrogens (tertiary/aromatic N) is 1. The van der Waals surface area contributed by atoms with E-state index >= 15 is 0 Å². The van der Waals surface area contributed by atoms with Gasteiger partial charge >= 0.3 is 0 Å². The highest BCUT2D eigenvalue weighted by Crippen LogP contribution is 2.20. The number of rotatable bonds is 4. The van der Waals surface area contributed by atoms with E-state index in [4.69, 9.17) is 10.00 Å². The highest BCUT2D eigenvalue weighted by Gasteiger charge is 2.11. The average molecular weight is 275 g/mol. The maximum absolute atomic E-state index is 13.3. The van der Waals surface area contributed by atoms with Gasteiger partial charge in [0.2, 0.25) is 0 Å². The zero-order valence-electron chi connectivity index (χ0n) is 10.4. The van der Waals surface area contributed by atoms with Gasteiger partial charge in [-0.3, -0.25) is 0 Å². The van der Waals surface area contributed by atoms with Crippen molar-refractivity contribution in [1.29, 1.82) is 5.26 Å². The molecule has 0 saturated heterocycles. The Kier molecular flexibility index (Phi) is 4.28. The molecule has 20 heavy (non-hydrogen) atoms. The minimum Gasteiger partial charge on any atom is -0.487 e. The number of hydrogen-bond acceptors (Lipinski definition) is 3. The van der Waals surface area contributed by atoms with Crippen LogP contribution in [0.4, 0.5) is 8.78 Å². The first kappa shape index (κ1) is 14.0. The van der Waals surface area contributed by atoms with Crippen LogP contribution in [0.15, 0.2) is 42.5 Å². The summed E-state index contributed by atoms with van der Waals surface area (Å²) in [5.74, 6) is -1.56. The molecule has 3 nitrogen and oxygen atoms in total. The van der Waals surface area contributed by atoms with E-state index in [1.807, 2.05) is 6.07 Å². The van der Waals surface area contributed by atoms with E-state index in [0.29, 0.717) is 11.1 Å². The molecule has 2 aromatic carbocycles. The second-order valence-electron chi connectivity index (χ2n) is 4.14. The Morgan fingerprint density at radius 3 is 2.50 bits per heavy atom. The third-order valence-electron chi connectivity index (χ3n) is 2.71. The maximum Gasteiger partial charge on any atom is 0.165 e. The van der Waals surface area contributed by atoms with Crippen LogP contribution < -0.4 is 4.74 Å². The summed E-state index contributed by atoms with van der Waals surface area (Å²) >= 11 is 0. The second kappa shape index (κ2) is 6.13. The SMILES string of the molecule is N#Cc1ccc(C(O)COc2cc(F)ccc2F)cc1. The predicted molar refractivity (Wildman–Crippen MR) is 68.0 cm³/mol. The third-order valence-corrected chi connectivity index (χ3v) is 2.71. The van der Waals surface area contributed by atoms with Gasteiger partial charge in [0.1, 0.15) is 18.5 Å². The Bertz CT molecular complexity index is 635. The summed E-state index contributed by atoms with van der Waals surface area (Å²) < 4.78 is 31.3. The Hall–Kier alpha value is -2.45. The van der Waals surface area contributed by atoms with Crippen LogP contribution in [-0.2, 0) is 0 Å². The lowest BCUT2D eigenvalue weighted by Gasteiger charge is -2.13. The van der Waals surface area contributed by atoms with Crippen molar-refractivity contribution in [3.05, 3.63) is 65.2 Å². The Labute approximate surface area is 114 Å². The van der Waals surface area contributed by atoms with Crippen molar-refractivity contribution in [2.45, 2.75) is 6.10 Å². The van der Waals surface area contributed by atoms with Gasteiger partial charge in [-0.15, -0.1) is 0 Å². The summed E-state index contributed by atoms with van der Waals surface area (Å²) in [4.78, 5) is 0. The van der Waals surface area contributed by atoms with E-state index in [1.54, 1.807) is 24.3 Å². The summed E-state index contributed by atoms with van der Waals surface area (Å²) in [5.41, 5.74) is 0.999. The van der Waals surface area contributed by atoms with E-state index < -0.39 is 17.7 Å². The van der Waals surface area contributed by atoms with Crippen molar-refractivity contribution in [1.82, 2.24) is 0 Å². The zero-order chi connectivity index (χ0) is 14.5. The number of aliphatic hydroxyl groups excluding tert-OH is 1. The van der Waals surface area contributed by atoms with Crippen LogP contribution in [0.5, 0.6) is 5.75 Å². The van der Waals surface area contributed by atoms with E-state index in [-0.39, 0.29) is 12.4 Å². The summed E-state index contributed by atoms with van der Waals surface area (Å²) in [6, 6.07) is 11.1. The van der Waals surface area contributed by atoms with Crippen molar-refractivity contribution < 1.29 is 18.6 Å². The molecule has 0 aliphatic heterocycles. The third kappa shape index (κ3) is 3.31. The van der Waals surface area contributed by atoms with Crippen molar-refractivity contribution in [3.63, 3.8) is 0 Å². The molecule has 2 aromatic rings. The Balaban J connectivity index is 2.02. The standard InChI is InChI=1S/C15H11F2NO2/c16-12-5-6-13(17)15(7-12)20-9-14(19)11-3-1-10(8-18)2-4-11/h1-7,14,19H,9H2. The highest BCUT2D eigenvalue weighted by molar-refractivity contribution is 5.32. The number of hydrogen-bond donors (Lipinski definition) is 1. The molecule has 0 fully saturated rings. The quantitative estimate of drug-likeness (QED) is 0.933. The molecule has 0 heterocycles. The summed E-state index contributed by atoms with van der Waals surface area (Å²) in [5, 5.41) is 18.5. The first-order valence-electron chi connectivity index (χ1n) is 5.86. The lowest BCUT2D eigenvalue weighted by atomic mass is 10.1. The molecule has 1 N–H and O–H groups in total. The van der Waals surface area contributed by atoms with Gasteiger partial charge in [0, 0.05) is 6.07 Å². The fourth-order valence-corrected chi connectivity index (χ4v) is 1.63. The molecule has 102 valence electrons. The number of ether oxygens (including phenoxy) is 1. The number of halogens is 2. The lowest BCUT2D eigenvalue weighted by molar-refractivity contribution is 0.105. The normalized spacial score (nSPS) is 11.7. The first-order valence-corrected chi connectivity index (χ1v) is 5.86. The van der Waals surface area contributed by atoms with Gasteiger partial charge in [-0.1, -0.05) is 12.1 Å². The number of benzene rings is 2. The Morgan fingerprint density at radius 2 is 1.85 bits per heavy atom. The largest absolute Gasteiger partial charge is 0.487 e. The average Bonchev–Trinajstić information content (AvgIpc) is 2.48. The Morgan fingerprint density at radius 1 is 1.15 bits per heavy atom. The van der Waals surface area contributed by atoms with Crippen molar-refractivity contribution in [2.75, 3.05) is 6.61 Å². The molecule has 0 spiro atoms. The molecule has 1 atom stereocenters. The lowest BCUT2D eigenvalue weighted by Crippen LogP contribution is -2.10. The smallest absolute Gasteiger partial charge is 0.165 e. The molecule has 5 heteroatoms. The zero-order valence-corrected chi connectivity index (χ0v) is 10.4. The molecule has 0 aliphatic carbocycles. The van der Waals surface area contributed by atoms with E-state index in [0.717, 1.165) is 18.2 Å². The van der Waals surface area contributed by atoms with Gasteiger partial charge in [0.05, 0.1) is 11.6 Å². The van der Waals surface area contributed by atoms with Gasteiger partial charge in [0.15, 0.2) is 11.6 Å². The fraction of sp³-hybridized carbons (Fsp3) is 0.133. The van der Waals surface area contributed by atoms with E-state index in [9.17, 15) is 13.9 Å². The molecule has 0 saturated carbocycles. The molecule has 0 aromatic heterocycles. The molecule has 0 aliphatic rings. The monoisotopic (exact) mass is 275 g/mol. The van der Waals surface area contributed by atoms with E-state index in [2.05, 4.69) is 0 Å². The molecule has 1 unspecified atom stereocenters. The van der Waals surface area contributed by atoms with Gasteiger partial charge < -0.3 is 9.84 Å². The van der Waals surface area contributed by atoms with Crippen molar-refractivity contribution in [3.8, 4) is 11.8 Å². The van der Waals surface area contributed by atoms with Crippen LogP contribution in [0.1, 0.15) is 17.2 Å². The molecule has 0 radical (unpaired) electrons. The van der Waals surface area contributed by atoms with E-state index in [1.165, 1.54) is 0 Å². The molecule has 0 bridgehead atoms. The van der Waals surface area contributed by atoms with Crippen molar-refractivity contribution in [2.24, 2.45) is 0 Å². The molecular formula is C15H11F2NO2. The molecule has 0 amide bonds. The van der Waals surface area contributed by atoms with Crippen LogP contribution in [0.25, 0.3) is 0 Å². The molecular weight excluding hydrogens is 264 g/mol. The second-order valence-corrected chi connectivity index (χ2v) is 4.14. The van der Waals surface area contributed by atoms with Crippen molar-refractivity contribution >= 4 is 0 Å². The van der Waals surface area contributed by atoms with Crippen LogP contribution in [-0.4, -0.2) is 11.7 Å². The maximum atomic E-state index is 13.3. The van der Waals surface area contributed by atoms with Gasteiger partial charge in [-0.25, -0.2) is 8.78 Å². The predicted octanol–water partition coefficient (Wildman–Crippen LogP) is 2.95. The number of nitriles is 1. The van der Waals surface area contributed by atoms with Crippen LogP contribution >= 0.6 is 0 Å². The fourth-order valence-electron chi connectivity index (χ4n) is 1.63. The van der Waals surface area contributed by atoms with Gasteiger partial charge in [-0.05, 0) is 29.8 Å².